The Morgan fingerprint density at radius 2 is 1.90 bits per heavy atom. The third-order valence-electron chi connectivity index (χ3n) is 9.39. The molecular weight excluding hydrogens is 518 g/mol. The van der Waals surface area contributed by atoms with Crippen LogP contribution in [0.4, 0.5) is 0 Å². The Morgan fingerprint density at radius 3 is 2.44 bits per heavy atom. The van der Waals surface area contributed by atoms with Gasteiger partial charge in [-0.1, -0.05) is 58.1 Å². The predicted molar refractivity (Wildman–Crippen MR) is 163 cm³/mol. The molecule has 3 N–H and O–H groups in total. The maximum absolute atomic E-state index is 14.3. The topological polar surface area (TPSA) is 97.2 Å². The van der Waals surface area contributed by atoms with Crippen molar-refractivity contribution in [2.75, 3.05) is 13.2 Å². The van der Waals surface area contributed by atoms with E-state index in [1.165, 1.54) is 0 Å². The minimum Gasteiger partial charge on any atom is -0.383 e. The molecule has 41 heavy (non-hydrogen) atoms. The summed E-state index contributed by atoms with van der Waals surface area (Å²) >= 11 is 0. The zero-order valence-electron chi connectivity index (χ0n) is 27.2. The number of ketones is 1. The predicted octanol–water partition coefficient (Wildman–Crippen LogP) is 5.83. The van der Waals surface area contributed by atoms with Crippen LogP contribution in [0.15, 0.2) is 47.2 Å². The number of ether oxygens (including phenoxy) is 3. The van der Waals surface area contributed by atoms with Gasteiger partial charge in [-0.2, -0.15) is 0 Å². The van der Waals surface area contributed by atoms with E-state index >= 15 is 0 Å². The van der Waals surface area contributed by atoms with Crippen molar-refractivity contribution in [3.63, 3.8) is 0 Å². The van der Waals surface area contributed by atoms with Crippen molar-refractivity contribution in [1.82, 2.24) is 5.32 Å². The second kappa shape index (κ2) is 12.5. The lowest BCUT2D eigenvalue weighted by molar-refractivity contribution is -0.298. The molecule has 6 unspecified atom stereocenters. The SMILES string of the molecule is C/C=C(/C)C(OC(C)(O)C1=C(C)C=CCN1)C1(O)C(OC(C)(C)OCC)C=CC(C)C(=O)C1[C@H](C)C[C@@H]1CC1(C)C. The fourth-order valence-corrected chi connectivity index (χ4v) is 6.78. The van der Waals surface area contributed by atoms with E-state index in [-0.39, 0.29) is 17.1 Å². The molecule has 0 aromatic heterocycles. The summed E-state index contributed by atoms with van der Waals surface area (Å²) in [6.07, 6.45) is 9.27. The van der Waals surface area contributed by atoms with Crippen LogP contribution in [0.25, 0.3) is 0 Å². The molecule has 0 aromatic carbocycles. The number of Topliss-reactive ketones (excluding diaryl/α,β-unsaturated/α-hetero) is 1. The molecule has 0 radical (unpaired) electrons. The summed E-state index contributed by atoms with van der Waals surface area (Å²) in [5.41, 5.74) is 0.421. The van der Waals surface area contributed by atoms with Crippen LogP contribution in [0, 0.1) is 29.1 Å². The van der Waals surface area contributed by atoms with Gasteiger partial charge in [0, 0.05) is 19.1 Å². The Bertz CT molecular complexity index is 1080. The highest BCUT2D eigenvalue weighted by molar-refractivity contribution is 5.87. The van der Waals surface area contributed by atoms with E-state index in [0.717, 1.165) is 18.4 Å². The van der Waals surface area contributed by atoms with Gasteiger partial charge in [0.15, 0.2) is 5.79 Å². The monoisotopic (exact) mass is 573 g/mol. The molecule has 7 heteroatoms. The van der Waals surface area contributed by atoms with Crippen molar-refractivity contribution in [2.24, 2.45) is 29.1 Å². The van der Waals surface area contributed by atoms with Crippen LogP contribution in [0.2, 0.25) is 0 Å². The maximum atomic E-state index is 14.3. The highest BCUT2D eigenvalue weighted by Gasteiger charge is 2.60. The van der Waals surface area contributed by atoms with Crippen LogP contribution < -0.4 is 5.32 Å². The molecule has 8 atom stereocenters. The highest BCUT2D eigenvalue weighted by atomic mass is 16.7. The zero-order valence-corrected chi connectivity index (χ0v) is 27.2. The molecule has 2 aliphatic carbocycles. The number of carbonyl (C=O) groups is 1. The normalized spacial score (nSPS) is 33.2. The zero-order chi connectivity index (χ0) is 31.0. The first-order chi connectivity index (χ1) is 18.9. The molecule has 0 amide bonds. The van der Waals surface area contributed by atoms with E-state index < -0.39 is 41.2 Å². The number of carbonyl (C=O) groups excluding carboxylic acids is 1. The lowest BCUT2D eigenvalue weighted by atomic mass is 9.66. The summed E-state index contributed by atoms with van der Waals surface area (Å²) < 4.78 is 19.1. The van der Waals surface area contributed by atoms with Crippen LogP contribution in [0.5, 0.6) is 0 Å². The fourth-order valence-electron chi connectivity index (χ4n) is 6.78. The Morgan fingerprint density at radius 1 is 1.27 bits per heavy atom. The number of rotatable bonds is 12. The number of hydrogen-bond acceptors (Lipinski definition) is 7. The summed E-state index contributed by atoms with van der Waals surface area (Å²) in [4.78, 5) is 14.3. The standard InChI is InChI=1S/C34H55NO6/c1-12-21(3)30(41-33(11,37)29-23(5)15-14-18-35-29)34(38)26(40-32(9,10)39-13-2)17-16-22(4)28(36)27(34)24(6)19-25-20-31(25,7)8/h12,14-17,22,24-27,30,35,37-38H,13,18-20H2,1-11H3/b21-12-/t22?,24-,25-,26?,27?,30?,33?,34?/m1/s1. The number of allylic oxidation sites excluding steroid dienone is 4. The molecule has 0 spiro atoms. The second-order valence-electron chi connectivity index (χ2n) is 13.8. The summed E-state index contributed by atoms with van der Waals surface area (Å²) in [5.74, 6) is -3.83. The van der Waals surface area contributed by atoms with E-state index in [4.69, 9.17) is 14.2 Å². The van der Waals surface area contributed by atoms with E-state index in [1.54, 1.807) is 13.0 Å². The van der Waals surface area contributed by atoms with Gasteiger partial charge in [-0.25, -0.2) is 0 Å². The molecular formula is C34H55NO6. The van der Waals surface area contributed by atoms with Crippen LogP contribution in [-0.4, -0.2) is 58.5 Å². The lowest BCUT2D eigenvalue weighted by Crippen LogP contribution is -2.65. The largest absolute Gasteiger partial charge is 0.383 e. The van der Waals surface area contributed by atoms with Crippen LogP contribution in [0.1, 0.15) is 89.0 Å². The van der Waals surface area contributed by atoms with Crippen LogP contribution >= 0.6 is 0 Å². The quantitative estimate of drug-likeness (QED) is 0.200. The smallest absolute Gasteiger partial charge is 0.205 e. The molecule has 3 aliphatic rings. The van der Waals surface area contributed by atoms with Gasteiger partial charge in [0.2, 0.25) is 5.79 Å². The molecule has 0 bridgehead atoms. The van der Waals surface area contributed by atoms with Crippen molar-refractivity contribution in [3.8, 4) is 0 Å². The first-order valence-corrected chi connectivity index (χ1v) is 15.3. The van der Waals surface area contributed by atoms with Gasteiger partial charge in [-0.05, 0) is 89.7 Å². The van der Waals surface area contributed by atoms with Gasteiger partial charge < -0.3 is 29.7 Å². The maximum Gasteiger partial charge on any atom is 0.205 e. The molecule has 1 fully saturated rings. The minimum absolute atomic E-state index is 0.0544. The molecule has 1 heterocycles. The lowest BCUT2D eigenvalue weighted by Gasteiger charge is -2.50. The van der Waals surface area contributed by atoms with Gasteiger partial charge in [-0.15, -0.1) is 0 Å². The van der Waals surface area contributed by atoms with Crippen LogP contribution in [0.3, 0.4) is 0 Å². The van der Waals surface area contributed by atoms with Crippen molar-refractivity contribution < 1.29 is 29.2 Å². The Labute approximate surface area is 248 Å². The molecule has 0 saturated heterocycles. The van der Waals surface area contributed by atoms with E-state index in [1.807, 2.05) is 72.8 Å². The number of hydrogen-bond donors (Lipinski definition) is 3. The second-order valence-corrected chi connectivity index (χ2v) is 13.8. The van der Waals surface area contributed by atoms with Crippen LogP contribution in [-0.2, 0) is 19.0 Å². The molecule has 1 aliphatic heterocycles. The average molecular weight is 574 g/mol. The summed E-state index contributed by atoms with van der Waals surface area (Å²) in [7, 11) is 0. The minimum atomic E-state index is -1.86. The summed E-state index contributed by atoms with van der Waals surface area (Å²) in [6, 6.07) is 0. The summed E-state index contributed by atoms with van der Waals surface area (Å²) in [5, 5.41) is 28.3. The van der Waals surface area contributed by atoms with Crippen molar-refractivity contribution >= 4 is 5.78 Å². The van der Waals surface area contributed by atoms with E-state index in [9.17, 15) is 15.0 Å². The van der Waals surface area contributed by atoms with E-state index in [0.29, 0.717) is 30.3 Å². The number of aliphatic hydroxyl groups is 2. The molecule has 7 nitrogen and oxygen atoms in total. The Kier molecular flexibility index (Phi) is 10.2. The fraction of sp³-hybridized carbons (Fsp3) is 0.735. The summed E-state index contributed by atoms with van der Waals surface area (Å²) in [6.45, 7) is 22.1. The van der Waals surface area contributed by atoms with Gasteiger partial charge in [0.25, 0.3) is 0 Å². The first kappa shape index (κ1) is 33.7. The molecule has 3 rings (SSSR count). The number of nitrogens with one attached hydrogen (secondary N) is 1. The van der Waals surface area contributed by atoms with Crippen molar-refractivity contribution in [3.05, 3.63) is 47.2 Å². The van der Waals surface area contributed by atoms with E-state index in [2.05, 4.69) is 26.1 Å². The molecule has 1 saturated carbocycles. The third-order valence-corrected chi connectivity index (χ3v) is 9.39. The van der Waals surface area contributed by atoms with Gasteiger partial charge >= 0.3 is 0 Å². The third kappa shape index (κ3) is 7.24. The average Bonchev–Trinajstić information content (AvgIpc) is 3.50. The Hall–Kier alpha value is -1.77. The van der Waals surface area contributed by atoms with Gasteiger partial charge in [0.05, 0.1) is 11.6 Å². The molecule has 232 valence electrons. The highest BCUT2D eigenvalue weighted by Crippen LogP contribution is 2.56. The van der Waals surface area contributed by atoms with Gasteiger partial charge in [0.1, 0.15) is 23.6 Å². The first-order valence-electron chi connectivity index (χ1n) is 15.3. The van der Waals surface area contributed by atoms with Crippen molar-refractivity contribution in [1.29, 1.82) is 0 Å². The van der Waals surface area contributed by atoms with Crippen molar-refractivity contribution in [2.45, 2.75) is 118 Å². The number of dihydropyridines is 1. The van der Waals surface area contributed by atoms with Gasteiger partial charge in [-0.3, -0.25) is 4.79 Å². The molecule has 0 aromatic rings. The Balaban J connectivity index is 2.21.